The predicted octanol–water partition coefficient (Wildman–Crippen LogP) is 3.17. The summed E-state index contributed by atoms with van der Waals surface area (Å²) in [5, 5.41) is 4.60. The quantitative estimate of drug-likeness (QED) is 0.328. The van der Waals surface area contributed by atoms with Crippen LogP contribution in [0, 0.1) is 0 Å². The topological polar surface area (TPSA) is 135 Å². The number of anilines is 2. The van der Waals surface area contributed by atoms with Gasteiger partial charge in [0.2, 0.25) is 0 Å². The Hall–Kier alpha value is -3.52. The summed E-state index contributed by atoms with van der Waals surface area (Å²) < 4.78 is 27.7. The van der Waals surface area contributed by atoms with Gasteiger partial charge in [0, 0.05) is 44.2 Å². The van der Waals surface area contributed by atoms with Crippen LogP contribution in [0.1, 0.15) is 59.2 Å². The largest absolute Gasteiger partial charge is 0.337 e. The maximum atomic E-state index is 13.8. The Labute approximate surface area is 241 Å². The molecule has 1 N–H and O–H groups in total. The van der Waals surface area contributed by atoms with Crippen molar-refractivity contribution in [3.63, 3.8) is 0 Å². The smallest absolute Gasteiger partial charge is 0.271 e. The molecule has 3 aliphatic rings. The summed E-state index contributed by atoms with van der Waals surface area (Å²) in [6, 6.07) is 2.31. The summed E-state index contributed by atoms with van der Waals surface area (Å²) in [5.74, 6) is 0.390. The molecule has 2 aliphatic carbocycles. The van der Waals surface area contributed by atoms with E-state index in [4.69, 9.17) is 4.98 Å². The summed E-state index contributed by atoms with van der Waals surface area (Å²) in [5.41, 5.74) is 2.84. The van der Waals surface area contributed by atoms with Gasteiger partial charge in [-0.25, -0.2) is 23.4 Å². The van der Waals surface area contributed by atoms with Crippen molar-refractivity contribution in [2.24, 2.45) is 7.05 Å². The van der Waals surface area contributed by atoms with Gasteiger partial charge < -0.3 is 24.3 Å². The van der Waals surface area contributed by atoms with E-state index in [1.54, 1.807) is 13.4 Å². The van der Waals surface area contributed by atoms with Crippen LogP contribution in [0.2, 0.25) is 0 Å². The molecule has 12 nitrogen and oxygen atoms in total. The van der Waals surface area contributed by atoms with Crippen molar-refractivity contribution in [2.75, 3.05) is 23.9 Å². The number of imidazole rings is 1. The monoisotopic (exact) mass is 596 g/mol. The number of aromatic nitrogens is 5. The Morgan fingerprint density at radius 3 is 2.46 bits per heavy atom. The lowest BCUT2D eigenvalue weighted by Gasteiger charge is -2.22. The van der Waals surface area contributed by atoms with Crippen LogP contribution in [0.25, 0.3) is 22.1 Å². The number of thiazole rings is 1. The number of nitrogens with one attached hydrogen (secondary N) is 1. The van der Waals surface area contributed by atoms with E-state index in [-0.39, 0.29) is 29.4 Å². The molecule has 1 saturated heterocycles. The first-order chi connectivity index (χ1) is 19.6. The van der Waals surface area contributed by atoms with Crippen molar-refractivity contribution in [3.05, 3.63) is 29.2 Å². The summed E-state index contributed by atoms with van der Waals surface area (Å²) in [7, 11) is 0.451. The van der Waals surface area contributed by atoms with Gasteiger partial charge in [0.15, 0.2) is 20.8 Å². The maximum Gasteiger partial charge on any atom is 0.271 e. The molecule has 4 aromatic heterocycles. The van der Waals surface area contributed by atoms with E-state index < -0.39 is 9.84 Å². The second-order valence-corrected chi connectivity index (χ2v) is 14.6. The van der Waals surface area contributed by atoms with Crippen LogP contribution in [0.5, 0.6) is 0 Å². The highest BCUT2D eigenvalue weighted by Crippen LogP contribution is 2.40. The van der Waals surface area contributed by atoms with Crippen LogP contribution in [-0.4, -0.2) is 90.8 Å². The maximum absolute atomic E-state index is 13.8. The summed E-state index contributed by atoms with van der Waals surface area (Å²) in [4.78, 5) is 44.9. The third-order valence-electron chi connectivity index (χ3n) is 8.37. The van der Waals surface area contributed by atoms with E-state index in [0.29, 0.717) is 57.7 Å². The highest BCUT2D eigenvalue weighted by molar-refractivity contribution is 7.91. The van der Waals surface area contributed by atoms with Crippen LogP contribution in [-0.2, 0) is 23.4 Å². The number of hydrogen-bond donors (Lipinski definition) is 1. The predicted molar refractivity (Wildman–Crippen MR) is 156 cm³/mol. The minimum absolute atomic E-state index is 0.0125. The third-order valence-corrected chi connectivity index (χ3v) is 11.0. The first-order valence-corrected chi connectivity index (χ1v) is 16.7. The average Bonchev–Trinajstić information content (AvgIpc) is 3.80. The van der Waals surface area contributed by atoms with Gasteiger partial charge in [0.05, 0.1) is 29.5 Å². The first-order valence-electron chi connectivity index (χ1n) is 14.0. The third kappa shape index (κ3) is 4.56. The lowest BCUT2D eigenvalue weighted by molar-refractivity contribution is 0.0717. The lowest BCUT2D eigenvalue weighted by Crippen LogP contribution is -2.37. The van der Waals surface area contributed by atoms with E-state index >= 15 is 0 Å². The highest BCUT2D eigenvalue weighted by Gasteiger charge is 2.43. The standard InChI is InChI=1S/C27H32N8O4S2/c1-4-34-19(25(36)35(15-5-6-15)16-7-8-16)11-18-22-21(29-14-32(22)2)23(30-24(18)34)31-27-28-12-20(40-27)26(37)33(3)17-9-10-41(38,39)13-17/h11-12,14-17H,4-10,13H2,1-3H3,(H,28,30,31). The van der Waals surface area contributed by atoms with Crippen molar-refractivity contribution in [3.8, 4) is 0 Å². The number of aryl methyl sites for hydroxylation is 2. The fraction of sp³-hybridized carbons (Fsp3) is 0.519. The molecule has 0 bridgehead atoms. The number of carbonyl (C=O) groups is 2. The van der Waals surface area contributed by atoms with Gasteiger partial charge in [-0.2, -0.15) is 0 Å². The number of hydrogen-bond acceptors (Lipinski definition) is 9. The molecular weight excluding hydrogens is 564 g/mol. The fourth-order valence-corrected chi connectivity index (χ4v) is 8.49. The van der Waals surface area contributed by atoms with Gasteiger partial charge in [-0.3, -0.25) is 9.59 Å². The van der Waals surface area contributed by atoms with Crippen molar-refractivity contribution in [2.45, 2.75) is 63.7 Å². The molecule has 5 heterocycles. The Kier molecular flexibility index (Phi) is 6.12. The van der Waals surface area contributed by atoms with Gasteiger partial charge in [-0.15, -0.1) is 0 Å². The van der Waals surface area contributed by atoms with Gasteiger partial charge in [0.1, 0.15) is 21.7 Å². The van der Waals surface area contributed by atoms with Gasteiger partial charge in [-0.1, -0.05) is 11.3 Å². The number of amides is 2. The molecule has 216 valence electrons. The van der Waals surface area contributed by atoms with Crippen LogP contribution in [0.15, 0.2) is 18.6 Å². The molecule has 1 aliphatic heterocycles. The summed E-state index contributed by atoms with van der Waals surface area (Å²) in [6.45, 7) is 2.60. The number of nitrogens with zero attached hydrogens (tertiary/aromatic N) is 7. The van der Waals surface area contributed by atoms with Crippen molar-refractivity contribution in [1.82, 2.24) is 33.9 Å². The molecule has 14 heteroatoms. The average molecular weight is 597 g/mol. The number of rotatable bonds is 8. The van der Waals surface area contributed by atoms with E-state index in [2.05, 4.69) is 20.2 Å². The van der Waals surface area contributed by atoms with Gasteiger partial charge in [0.25, 0.3) is 11.8 Å². The molecule has 7 rings (SSSR count). The summed E-state index contributed by atoms with van der Waals surface area (Å²) >= 11 is 1.18. The molecule has 2 amide bonds. The molecule has 1 atom stereocenters. The molecule has 4 aromatic rings. The minimum atomic E-state index is -3.11. The van der Waals surface area contributed by atoms with Crippen molar-refractivity contribution >= 4 is 66.0 Å². The van der Waals surface area contributed by atoms with Crippen LogP contribution in [0.3, 0.4) is 0 Å². The zero-order valence-corrected chi connectivity index (χ0v) is 24.8. The molecule has 3 fully saturated rings. The van der Waals surface area contributed by atoms with Crippen molar-refractivity contribution in [1.29, 1.82) is 0 Å². The zero-order valence-electron chi connectivity index (χ0n) is 23.2. The number of fused-ring (bicyclic) bond motifs is 3. The molecule has 0 radical (unpaired) electrons. The number of sulfone groups is 1. The van der Waals surface area contributed by atoms with Gasteiger partial charge >= 0.3 is 0 Å². The molecule has 41 heavy (non-hydrogen) atoms. The molecule has 0 spiro atoms. The Morgan fingerprint density at radius 1 is 1.10 bits per heavy atom. The second-order valence-electron chi connectivity index (χ2n) is 11.3. The molecule has 1 unspecified atom stereocenters. The Morgan fingerprint density at radius 2 is 1.83 bits per heavy atom. The SMILES string of the molecule is CCn1c(C(=O)N(C2CC2)C2CC2)cc2c3c(ncn3C)c(Nc3ncc(C(=O)N(C)C4CCS(=O)(=O)C4)s3)nc21. The highest BCUT2D eigenvalue weighted by atomic mass is 32.2. The Bertz CT molecular complexity index is 1800. The van der Waals surface area contributed by atoms with E-state index in [0.717, 1.165) is 36.6 Å². The number of carbonyl (C=O) groups excluding carboxylic acids is 2. The minimum Gasteiger partial charge on any atom is -0.337 e. The number of pyridine rings is 1. The molecule has 2 saturated carbocycles. The van der Waals surface area contributed by atoms with Crippen LogP contribution < -0.4 is 5.32 Å². The molecular formula is C27H32N8O4S2. The lowest BCUT2D eigenvalue weighted by atomic mass is 10.2. The second kappa shape index (κ2) is 9.51. The molecule has 0 aromatic carbocycles. The first kappa shape index (κ1) is 26.4. The van der Waals surface area contributed by atoms with Crippen molar-refractivity contribution < 1.29 is 18.0 Å². The van der Waals surface area contributed by atoms with Crippen LogP contribution >= 0.6 is 11.3 Å². The zero-order chi connectivity index (χ0) is 28.6. The van der Waals surface area contributed by atoms with Crippen LogP contribution in [0.4, 0.5) is 10.9 Å². The normalized spacial score (nSPS) is 20.1. The van der Waals surface area contributed by atoms with E-state index in [1.807, 2.05) is 29.2 Å². The van der Waals surface area contributed by atoms with E-state index in [1.165, 1.54) is 22.4 Å². The fourth-order valence-electron chi connectivity index (χ4n) is 5.92. The summed E-state index contributed by atoms with van der Waals surface area (Å²) in [6.07, 6.45) is 7.95. The van der Waals surface area contributed by atoms with E-state index in [9.17, 15) is 18.0 Å². The Balaban J connectivity index is 1.22. The van der Waals surface area contributed by atoms with Gasteiger partial charge in [-0.05, 0) is 45.1 Å².